The van der Waals surface area contributed by atoms with Crippen LogP contribution in [0.2, 0.25) is 0 Å². The Balaban J connectivity index is 1.35. The van der Waals surface area contributed by atoms with Crippen LogP contribution in [0.25, 0.3) is 11.4 Å². The van der Waals surface area contributed by atoms with E-state index in [1.54, 1.807) is 0 Å². The zero-order chi connectivity index (χ0) is 20.6. The van der Waals surface area contributed by atoms with Crippen molar-refractivity contribution in [2.45, 2.75) is 44.9 Å². The molecule has 1 heterocycles. The number of Topliss-reactive ketones (excluding diaryl/α,β-unsaturated/α-hetero) is 1. The van der Waals surface area contributed by atoms with Gasteiger partial charge in [0, 0.05) is 17.4 Å². The van der Waals surface area contributed by atoms with Crippen molar-refractivity contribution in [3.63, 3.8) is 0 Å². The molecule has 0 radical (unpaired) electrons. The molecule has 6 nitrogen and oxygen atoms in total. The van der Waals surface area contributed by atoms with Crippen molar-refractivity contribution in [3.8, 4) is 11.4 Å². The van der Waals surface area contributed by atoms with Gasteiger partial charge in [-0.25, -0.2) is 0 Å². The molecule has 2 unspecified atom stereocenters. The van der Waals surface area contributed by atoms with E-state index in [0.29, 0.717) is 18.4 Å². The lowest BCUT2D eigenvalue weighted by atomic mass is 9.67. The normalized spacial score (nSPS) is 24.4. The molecule has 154 valence electrons. The van der Waals surface area contributed by atoms with E-state index < -0.39 is 11.7 Å². The van der Waals surface area contributed by atoms with Gasteiger partial charge in [0.1, 0.15) is 5.78 Å². The summed E-state index contributed by atoms with van der Waals surface area (Å²) in [5, 5.41) is 3.72. The van der Waals surface area contributed by atoms with Gasteiger partial charge in [-0.3, -0.25) is 9.59 Å². The van der Waals surface area contributed by atoms with Gasteiger partial charge in [0.05, 0.1) is 11.5 Å². The van der Waals surface area contributed by atoms with Gasteiger partial charge in [0.25, 0.3) is 5.89 Å². The molecular formula is C20H19F3N2O4. The molecular weight excluding hydrogens is 389 g/mol. The van der Waals surface area contributed by atoms with Crippen LogP contribution in [0.4, 0.5) is 13.2 Å². The number of ether oxygens (including phenoxy) is 1. The van der Waals surface area contributed by atoms with Gasteiger partial charge < -0.3 is 9.26 Å². The summed E-state index contributed by atoms with van der Waals surface area (Å²) in [6, 6.07) is 4.38. The average molecular weight is 408 g/mol. The van der Waals surface area contributed by atoms with E-state index in [2.05, 4.69) is 10.1 Å². The Morgan fingerprint density at radius 1 is 1.14 bits per heavy atom. The zero-order valence-corrected chi connectivity index (χ0v) is 15.4. The number of esters is 1. The number of ketones is 1. The third-order valence-electron chi connectivity index (χ3n) is 5.66. The molecule has 1 aromatic carbocycles. The lowest BCUT2D eigenvalue weighted by molar-refractivity contribution is -0.155. The molecule has 2 aliphatic carbocycles. The first-order valence-electron chi connectivity index (χ1n) is 9.52. The van der Waals surface area contributed by atoms with Gasteiger partial charge in [-0.2, -0.15) is 18.2 Å². The first kappa shape index (κ1) is 19.6. The summed E-state index contributed by atoms with van der Waals surface area (Å²) in [7, 11) is 0. The summed E-state index contributed by atoms with van der Waals surface area (Å²) in [6.07, 6.45) is -0.683. The Hall–Kier alpha value is -2.71. The Morgan fingerprint density at radius 2 is 1.79 bits per heavy atom. The molecule has 0 spiro atoms. The highest BCUT2D eigenvalue weighted by molar-refractivity contribution is 5.87. The van der Waals surface area contributed by atoms with E-state index in [9.17, 15) is 22.8 Å². The molecule has 2 fully saturated rings. The minimum atomic E-state index is -4.42. The smallest absolute Gasteiger partial charge is 0.416 e. The van der Waals surface area contributed by atoms with Crippen LogP contribution in [0.1, 0.15) is 43.6 Å². The number of benzene rings is 1. The number of carbonyl (C=O) groups is 2. The summed E-state index contributed by atoms with van der Waals surface area (Å²) in [6.45, 7) is -0.216. The number of hydrogen-bond acceptors (Lipinski definition) is 6. The minimum Gasteiger partial charge on any atom is -0.455 e. The standard InChI is InChI=1S/C20H19F3N2O4/c21-20(22,23)15-6-4-11(5-7-15)18-24-16(29-25-18)10-28-19(27)14-8-12-2-1-3-13(9-14)17(12)26/h4-7,12-14H,1-3,8-10H2. The molecule has 0 saturated heterocycles. The third-order valence-corrected chi connectivity index (χ3v) is 5.66. The van der Waals surface area contributed by atoms with Gasteiger partial charge in [-0.15, -0.1) is 0 Å². The number of aromatic nitrogens is 2. The average Bonchev–Trinajstić information content (AvgIpc) is 3.14. The molecule has 2 atom stereocenters. The maximum atomic E-state index is 12.6. The van der Waals surface area contributed by atoms with E-state index in [1.165, 1.54) is 12.1 Å². The summed E-state index contributed by atoms with van der Waals surface area (Å²) < 4.78 is 48.2. The Kier molecular flexibility index (Phi) is 5.14. The van der Waals surface area contributed by atoms with Gasteiger partial charge in [-0.05, 0) is 37.8 Å². The number of alkyl halides is 3. The highest BCUT2D eigenvalue weighted by Crippen LogP contribution is 2.40. The number of carbonyl (C=O) groups excluding carboxylic acids is 2. The minimum absolute atomic E-state index is 0.0465. The van der Waals surface area contributed by atoms with Crippen molar-refractivity contribution in [2.24, 2.45) is 17.8 Å². The Labute approximate surface area is 164 Å². The van der Waals surface area contributed by atoms with E-state index >= 15 is 0 Å². The van der Waals surface area contributed by atoms with Crippen LogP contribution in [0, 0.1) is 17.8 Å². The largest absolute Gasteiger partial charge is 0.455 e. The van der Waals surface area contributed by atoms with E-state index in [-0.39, 0.29) is 47.8 Å². The molecule has 2 aliphatic rings. The number of rotatable bonds is 4. The highest BCUT2D eigenvalue weighted by atomic mass is 19.4. The van der Waals surface area contributed by atoms with Crippen LogP contribution in [-0.2, 0) is 27.1 Å². The highest BCUT2D eigenvalue weighted by Gasteiger charge is 2.41. The molecule has 29 heavy (non-hydrogen) atoms. The van der Waals surface area contributed by atoms with Gasteiger partial charge >= 0.3 is 12.1 Å². The molecule has 2 saturated carbocycles. The predicted octanol–water partition coefficient (Wildman–Crippen LogP) is 4.19. The molecule has 1 aromatic heterocycles. The Bertz CT molecular complexity index is 891. The monoisotopic (exact) mass is 408 g/mol. The molecule has 0 aliphatic heterocycles. The van der Waals surface area contributed by atoms with E-state index in [1.807, 2.05) is 0 Å². The van der Waals surface area contributed by atoms with Crippen LogP contribution in [0.5, 0.6) is 0 Å². The van der Waals surface area contributed by atoms with Crippen LogP contribution in [-0.4, -0.2) is 21.9 Å². The van der Waals surface area contributed by atoms with Gasteiger partial charge in [-0.1, -0.05) is 23.7 Å². The van der Waals surface area contributed by atoms with Gasteiger partial charge in [0.2, 0.25) is 5.82 Å². The first-order chi connectivity index (χ1) is 13.8. The van der Waals surface area contributed by atoms with Crippen molar-refractivity contribution >= 4 is 11.8 Å². The third kappa shape index (κ3) is 4.18. The number of nitrogens with zero attached hydrogens (tertiary/aromatic N) is 2. The van der Waals surface area contributed by atoms with Crippen molar-refractivity contribution in [2.75, 3.05) is 0 Å². The van der Waals surface area contributed by atoms with Crippen molar-refractivity contribution in [1.82, 2.24) is 10.1 Å². The second-order valence-electron chi connectivity index (χ2n) is 7.59. The molecule has 0 N–H and O–H groups in total. The van der Waals surface area contributed by atoms with Crippen LogP contribution in [0.3, 0.4) is 0 Å². The molecule has 2 aromatic rings. The van der Waals surface area contributed by atoms with E-state index in [0.717, 1.165) is 31.4 Å². The predicted molar refractivity (Wildman–Crippen MR) is 93.1 cm³/mol. The van der Waals surface area contributed by atoms with Crippen molar-refractivity contribution in [3.05, 3.63) is 35.7 Å². The number of hydrogen-bond donors (Lipinski definition) is 0. The van der Waals surface area contributed by atoms with Crippen LogP contribution in [0.15, 0.2) is 28.8 Å². The fourth-order valence-electron chi connectivity index (χ4n) is 4.16. The lowest BCUT2D eigenvalue weighted by Crippen LogP contribution is -2.39. The summed E-state index contributed by atoms with van der Waals surface area (Å²) in [4.78, 5) is 28.6. The SMILES string of the molecule is O=C(OCc1nc(-c2ccc(C(F)(F)F)cc2)no1)C1CC2CCCC(C1)C2=O. The molecule has 9 heteroatoms. The fourth-order valence-corrected chi connectivity index (χ4v) is 4.16. The summed E-state index contributed by atoms with van der Waals surface area (Å²) in [5.74, 6) is -0.338. The summed E-state index contributed by atoms with van der Waals surface area (Å²) >= 11 is 0. The fraction of sp³-hybridized carbons (Fsp3) is 0.500. The zero-order valence-electron chi connectivity index (χ0n) is 15.4. The topological polar surface area (TPSA) is 82.3 Å². The second kappa shape index (κ2) is 7.61. The van der Waals surface area contributed by atoms with Crippen molar-refractivity contribution < 1.29 is 32.0 Å². The van der Waals surface area contributed by atoms with Gasteiger partial charge in [0.15, 0.2) is 6.61 Å². The molecule has 2 bridgehead atoms. The maximum absolute atomic E-state index is 12.6. The second-order valence-corrected chi connectivity index (χ2v) is 7.59. The molecule has 4 rings (SSSR count). The Morgan fingerprint density at radius 3 is 2.41 bits per heavy atom. The first-order valence-corrected chi connectivity index (χ1v) is 9.52. The summed E-state index contributed by atoms with van der Waals surface area (Å²) in [5.41, 5.74) is -0.410. The number of halogens is 3. The molecule has 0 amide bonds. The van der Waals surface area contributed by atoms with Crippen molar-refractivity contribution in [1.29, 1.82) is 0 Å². The maximum Gasteiger partial charge on any atom is 0.416 e. The number of fused-ring (bicyclic) bond motifs is 2. The lowest BCUT2D eigenvalue weighted by Gasteiger charge is -2.36. The van der Waals surface area contributed by atoms with E-state index in [4.69, 9.17) is 9.26 Å². The quantitative estimate of drug-likeness (QED) is 0.706. The van der Waals surface area contributed by atoms with Crippen LogP contribution >= 0.6 is 0 Å². The van der Waals surface area contributed by atoms with Crippen LogP contribution < -0.4 is 0 Å².